The summed E-state index contributed by atoms with van der Waals surface area (Å²) < 4.78 is 7.02. The van der Waals surface area contributed by atoms with Gasteiger partial charge in [0.2, 0.25) is 0 Å². The quantitative estimate of drug-likeness (QED) is 0.486. The van der Waals surface area contributed by atoms with Crippen LogP contribution in [0.5, 0.6) is 5.75 Å². The van der Waals surface area contributed by atoms with Crippen molar-refractivity contribution in [2.75, 3.05) is 13.2 Å². The van der Waals surface area contributed by atoms with Gasteiger partial charge in [0.05, 0.1) is 6.61 Å². The second kappa shape index (κ2) is 12.0. The van der Waals surface area contributed by atoms with Crippen LogP contribution in [0.4, 0.5) is 0 Å². The molecule has 0 fully saturated rings. The van der Waals surface area contributed by atoms with Crippen molar-refractivity contribution in [1.29, 1.82) is 0 Å². The van der Waals surface area contributed by atoms with Gasteiger partial charge in [0, 0.05) is 11.0 Å². The second-order valence-electron chi connectivity index (χ2n) is 5.55. The molecule has 0 unspecified atom stereocenters. The van der Waals surface area contributed by atoms with E-state index in [1.165, 1.54) is 37.7 Å². The van der Waals surface area contributed by atoms with Crippen LogP contribution in [0.3, 0.4) is 0 Å². The van der Waals surface area contributed by atoms with Gasteiger partial charge in [-0.15, -0.1) is 0 Å². The van der Waals surface area contributed by atoms with Gasteiger partial charge in [-0.25, -0.2) is 0 Å². The van der Waals surface area contributed by atoms with Crippen LogP contribution in [-0.2, 0) is 6.54 Å². The van der Waals surface area contributed by atoms with Crippen molar-refractivity contribution in [3.63, 3.8) is 0 Å². The summed E-state index contributed by atoms with van der Waals surface area (Å²) in [5, 5.41) is 3.43. The Morgan fingerprint density at radius 3 is 2.52 bits per heavy atom. The molecule has 0 atom stereocenters. The van der Waals surface area contributed by atoms with E-state index in [1.54, 1.807) is 0 Å². The molecule has 1 N–H and O–H groups in total. The number of rotatable bonds is 12. The molecule has 0 saturated heterocycles. The molecule has 0 aliphatic heterocycles. The minimum absolute atomic E-state index is 0.829. The van der Waals surface area contributed by atoms with E-state index in [-0.39, 0.29) is 0 Å². The first-order valence-corrected chi connectivity index (χ1v) is 9.19. The number of unbranched alkanes of at least 4 members (excludes halogenated alkanes) is 5. The van der Waals surface area contributed by atoms with Crippen LogP contribution < -0.4 is 10.1 Å². The molecule has 3 heteroatoms. The number of hydrogen-bond donors (Lipinski definition) is 1. The lowest BCUT2D eigenvalue weighted by Crippen LogP contribution is -2.14. The average Bonchev–Trinajstić information content (AvgIpc) is 2.49. The van der Waals surface area contributed by atoms with Crippen molar-refractivity contribution in [2.24, 2.45) is 0 Å². The molecule has 1 aromatic carbocycles. The maximum absolute atomic E-state index is 5.87. The van der Waals surface area contributed by atoms with Crippen LogP contribution in [0.1, 0.15) is 64.4 Å². The zero-order valence-corrected chi connectivity index (χ0v) is 15.2. The lowest BCUT2D eigenvalue weighted by Gasteiger charge is -2.10. The first kappa shape index (κ1) is 18.5. The summed E-state index contributed by atoms with van der Waals surface area (Å²) in [7, 11) is 0. The van der Waals surface area contributed by atoms with Crippen molar-refractivity contribution in [2.45, 2.75) is 65.3 Å². The molecule has 0 aromatic heterocycles. The summed E-state index contributed by atoms with van der Waals surface area (Å²) in [4.78, 5) is 0. The number of nitrogens with one attached hydrogen (secondary N) is 1. The monoisotopic (exact) mass is 355 g/mol. The molecule has 0 amide bonds. The van der Waals surface area contributed by atoms with Crippen LogP contribution in [0.25, 0.3) is 0 Å². The Kier molecular flexibility index (Phi) is 10.6. The molecular weight excluding hydrogens is 326 g/mol. The molecule has 0 bridgehead atoms. The number of halogens is 1. The fraction of sp³-hybridized carbons (Fsp3) is 0.667. The molecule has 0 aliphatic rings. The average molecular weight is 356 g/mol. The zero-order valence-electron chi connectivity index (χ0n) is 13.6. The van der Waals surface area contributed by atoms with Gasteiger partial charge in [-0.05, 0) is 43.1 Å². The van der Waals surface area contributed by atoms with Crippen molar-refractivity contribution < 1.29 is 4.74 Å². The molecule has 0 radical (unpaired) electrons. The SMILES string of the molecule is CCCCCCCCOc1ccc(Br)c(CNCCC)c1. The third-order valence-electron chi connectivity index (χ3n) is 3.53. The van der Waals surface area contributed by atoms with Crippen LogP contribution in [-0.4, -0.2) is 13.2 Å². The van der Waals surface area contributed by atoms with Gasteiger partial charge in [0.15, 0.2) is 0 Å². The summed E-state index contributed by atoms with van der Waals surface area (Å²) in [6.45, 7) is 7.21. The molecule has 0 saturated carbocycles. The van der Waals surface area contributed by atoms with E-state index in [0.717, 1.165) is 42.8 Å². The predicted octanol–water partition coefficient (Wildman–Crippen LogP) is 5.69. The van der Waals surface area contributed by atoms with Gasteiger partial charge in [0.1, 0.15) is 5.75 Å². The summed E-state index contributed by atoms with van der Waals surface area (Å²) in [6, 6.07) is 6.27. The predicted molar refractivity (Wildman–Crippen MR) is 95.0 cm³/mol. The van der Waals surface area contributed by atoms with Gasteiger partial charge < -0.3 is 10.1 Å². The van der Waals surface area contributed by atoms with E-state index in [4.69, 9.17) is 4.74 Å². The molecule has 0 aliphatic carbocycles. The molecule has 1 rings (SSSR count). The molecule has 0 heterocycles. The van der Waals surface area contributed by atoms with Crippen LogP contribution in [0.2, 0.25) is 0 Å². The second-order valence-corrected chi connectivity index (χ2v) is 6.40. The lowest BCUT2D eigenvalue weighted by atomic mass is 10.1. The first-order chi connectivity index (χ1) is 10.3. The normalized spacial score (nSPS) is 10.8. The third kappa shape index (κ3) is 8.47. The first-order valence-electron chi connectivity index (χ1n) is 8.39. The molecule has 1 aromatic rings. The van der Waals surface area contributed by atoms with E-state index < -0.39 is 0 Å². The van der Waals surface area contributed by atoms with Gasteiger partial charge in [-0.3, -0.25) is 0 Å². The number of hydrogen-bond acceptors (Lipinski definition) is 2. The molecule has 2 nitrogen and oxygen atoms in total. The van der Waals surface area contributed by atoms with E-state index in [0.29, 0.717) is 0 Å². The molecule has 120 valence electrons. The Hall–Kier alpha value is -0.540. The number of benzene rings is 1. The highest BCUT2D eigenvalue weighted by Gasteiger charge is 2.02. The summed E-state index contributed by atoms with van der Waals surface area (Å²) in [5.41, 5.74) is 1.27. The van der Waals surface area contributed by atoms with Crippen LogP contribution in [0, 0.1) is 0 Å². The third-order valence-corrected chi connectivity index (χ3v) is 4.30. The summed E-state index contributed by atoms with van der Waals surface area (Å²) in [5.74, 6) is 0.986. The number of ether oxygens (including phenoxy) is 1. The standard InChI is InChI=1S/C18H30BrNO/c1-3-5-6-7-8-9-13-21-17-10-11-18(19)16(14-17)15-20-12-4-2/h10-11,14,20H,3-9,12-13,15H2,1-2H3. The Morgan fingerprint density at radius 1 is 1.00 bits per heavy atom. The topological polar surface area (TPSA) is 21.3 Å². The van der Waals surface area contributed by atoms with E-state index in [1.807, 2.05) is 6.07 Å². The van der Waals surface area contributed by atoms with Gasteiger partial charge in [0.25, 0.3) is 0 Å². The van der Waals surface area contributed by atoms with Crippen molar-refractivity contribution in [3.05, 3.63) is 28.2 Å². The highest BCUT2D eigenvalue weighted by atomic mass is 79.9. The fourth-order valence-corrected chi connectivity index (χ4v) is 2.64. The van der Waals surface area contributed by atoms with E-state index in [9.17, 15) is 0 Å². The zero-order chi connectivity index (χ0) is 15.3. The molecular formula is C18H30BrNO. The maximum Gasteiger partial charge on any atom is 0.119 e. The lowest BCUT2D eigenvalue weighted by molar-refractivity contribution is 0.304. The minimum atomic E-state index is 0.829. The highest BCUT2D eigenvalue weighted by Crippen LogP contribution is 2.23. The van der Waals surface area contributed by atoms with E-state index in [2.05, 4.69) is 47.2 Å². The van der Waals surface area contributed by atoms with E-state index >= 15 is 0 Å². The fourth-order valence-electron chi connectivity index (χ4n) is 2.25. The molecule has 0 spiro atoms. The smallest absolute Gasteiger partial charge is 0.119 e. The van der Waals surface area contributed by atoms with Crippen molar-refractivity contribution >= 4 is 15.9 Å². The van der Waals surface area contributed by atoms with Gasteiger partial charge >= 0.3 is 0 Å². The van der Waals surface area contributed by atoms with Crippen LogP contribution >= 0.6 is 15.9 Å². The van der Waals surface area contributed by atoms with Crippen molar-refractivity contribution in [3.8, 4) is 5.75 Å². The minimum Gasteiger partial charge on any atom is -0.494 e. The Labute approximate surface area is 138 Å². The van der Waals surface area contributed by atoms with Gasteiger partial charge in [-0.2, -0.15) is 0 Å². The Bertz CT molecular complexity index is 381. The Balaban J connectivity index is 2.26. The maximum atomic E-state index is 5.87. The molecule has 21 heavy (non-hydrogen) atoms. The summed E-state index contributed by atoms with van der Waals surface area (Å²) >= 11 is 3.60. The highest BCUT2D eigenvalue weighted by molar-refractivity contribution is 9.10. The van der Waals surface area contributed by atoms with Gasteiger partial charge in [-0.1, -0.05) is 61.9 Å². The largest absolute Gasteiger partial charge is 0.494 e. The Morgan fingerprint density at radius 2 is 1.76 bits per heavy atom. The summed E-state index contributed by atoms with van der Waals surface area (Å²) in [6.07, 6.45) is 8.97. The van der Waals surface area contributed by atoms with Crippen molar-refractivity contribution in [1.82, 2.24) is 5.32 Å². The van der Waals surface area contributed by atoms with Crippen LogP contribution in [0.15, 0.2) is 22.7 Å².